The van der Waals surface area contributed by atoms with Crippen molar-refractivity contribution in [1.29, 1.82) is 0 Å². The topological polar surface area (TPSA) is 64.4 Å². The summed E-state index contributed by atoms with van der Waals surface area (Å²) in [5, 5.41) is 14.1. The lowest BCUT2D eigenvalue weighted by Gasteiger charge is -2.07. The van der Waals surface area contributed by atoms with Crippen LogP contribution >= 0.6 is 15.9 Å². The summed E-state index contributed by atoms with van der Waals surface area (Å²) in [6.45, 7) is 4.96. The van der Waals surface area contributed by atoms with E-state index in [1.54, 1.807) is 12.1 Å². The quantitative estimate of drug-likeness (QED) is 0.399. The van der Waals surface area contributed by atoms with Gasteiger partial charge in [-0.3, -0.25) is 10.1 Å². The smallest absolute Gasteiger partial charge is 0.273 e. The number of hydrogen-bond donors (Lipinski definition) is 1. The summed E-state index contributed by atoms with van der Waals surface area (Å²) < 4.78 is 6.30. The van der Waals surface area contributed by atoms with Crippen LogP contribution in [0.3, 0.4) is 0 Å². The first-order valence-corrected chi connectivity index (χ1v) is 7.65. The number of hydrogen-bond acceptors (Lipinski definition) is 4. The predicted octanol–water partition coefficient (Wildman–Crippen LogP) is 3.65. The molecule has 0 amide bonds. The lowest BCUT2D eigenvalue weighted by atomic mass is 10.2. The molecule has 1 aromatic rings. The average Bonchev–Trinajstić information content (AvgIpc) is 2.41. The van der Waals surface area contributed by atoms with Crippen molar-refractivity contribution in [3.05, 3.63) is 38.3 Å². The number of unbranched alkanes of at least 4 members (excludes halogenated alkanes) is 1. The van der Waals surface area contributed by atoms with Gasteiger partial charge in [-0.15, -0.1) is 0 Å². The molecule has 0 aliphatic carbocycles. The van der Waals surface area contributed by atoms with Gasteiger partial charge in [0.25, 0.3) is 5.69 Å². The summed E-state index contributed by atoms with van der Waals surface area (Å²) in [6.07, 6.45) is 3.15. The van der Waals surface area contributed by atoms with E-state index in [9.17, 15) is 10.1 Å². The van der Waals surface area contributed by atoms with Crippen molar-refractivity contribution in [3.63, 3.8) is 0 Å². The Morgan fingerprint density at radius 2 is 2.10 bits per heavy atom. The van der Waals surface area contributed by atoms with Crippen LogP contribution in [-0.2, 0) is 11.3 Å². The van der Waals surface area contributed by atoms with Crippen LogP contribution in [0, 0.1) is 10.1 Å². The van der Waals surface area contributed by atoms with Crippen molar-refractivity contribution in [2.75, 3.05) is 19.8 Å². The van der Waals surface area contributed by atoms with Crippen molar-refractivity contribution in [3.8, 4) is 0 Å². The van der Waals surface area contributed by atoms with Gasteiger partial charge >= 0.3 is 0 Å². The Kier molecular flexibility index (Phi) is 8.41. The van der Waals surface area contributed by atoms with E-state index in [1.165, 1.54) is 6.07 Å². The summed E-state index contributed by atoms with van der Waals surface area (Å²) in [4.78, 5) is 10.6. The first-order chi connectivity index (χ1) is 9.65. The second-order valence-electron chi connectivity index (χ2n) is 4.53. The summed E-state index contributed by atoms with van der Waals surface area (Å²) in [5.41, 5.74) is 0.844. The lowest BCUT2D eigenvalue weighted by molar-refractivity contribution is -0.385. The van der Waals surface area contributed by atoms with Gasteiger partial charge < -0.3 is 10.1 Å². The van der Waals surface area contributed by atoms with Crippen molar-refractivity contribution < 1.29 is 9.66 Å². The third-order valence-electron chi connectivity index (χ3n) is 2.84. The van der Waals surface area contributed by atoms with Crippen LogP contribution in [0.15, 0.2) is 22.7 Å². The van der Waals surface area contributed by atoms with Crippen LogP contribution in [-0.4, -0.2) is 24.7 Å². The predicted molar refractivity (Wildman–Crippen MR) is 82.8 cm³/mol. The van der Waals surface area contributed by atoms with Gasteiger partial charge in [0, 0.05) is 35.9 Å². The Morgan fingerprint density at radius 1 is 1.35 bits per heavy atom. The molecule has 0 unspecified atom stereocenters. The van der Waals surface area contributed by atoms with E-state index in [1.807, 2.05) is 0 Å². The molecule has 112 valence electrons. The fourth-order valence-electron chi connectivity index (χ4n) is 1.74. The van der Waals surface area contributed by atoms with Gasteiger partial charge in [-0.25, -0.2) is 0 Å². The number of nitro benzene ring substituents is 1. The Morgan fingerprint density at radius 3 is 2.80 bits per heavy atom. The van der Waals surface area contributed by atoms with Crippen molar-refractivity contribution in [1.82, 2.24) is 5.32 Å². The monoisotopic (exact) mass is 344 g/mol. The van der Waals surface area contributed by atoms with E-state index in [4.69, 9.17) is 4.74 Å². The summed E-state index contributed by atoms with van der Waals surface area (Å²) >= 11 is 3.33. The molecule has 0 atom stereocenters. The van der Waals surface area contributed by atoms with Gasteiger partial charge in [0.1, 0.15) is 0 Å². The van der Waals surface area contributed by atoms with Gasteiger partial charge in [0.2, 0.25) is 0 Å². The van der Waals surface area contributed by atoms with Crippen LogP contribution in [0.4, 0.5) is 5.69 Å². The molecule has 5 nitrogen and oxygen atoms in total. The normalized spacial score (nSPS) is 10.7. The first-order valence-electron chi connectivity index (χ1n) is 6.86. The molecule has 0 bridgehead atoms. The third-order valence-corrected chi connectivity index (χ3v) is 3.33. The van der Waals surface area contributed by atoms with E-state index in [0.717, 1.165) is 43.5 Å². The molecular formula is C14H21BrN2O3. The van der Waals surface area contributed by atoms with Gasteiger partial charge in [-0.05, 0) is 31.5 Å². The fourth-order valence-corrected chi connectivity index (χ4v) is 2.15. The van der Waals surface area contributed by atoms with Gasteiger partial charge in [0.05, 0.1) is 4.92 Å². The number of benzene rings is 1. The van der Waals surface area contributed by atoms with E-state index in [0.29, 0.717) is 12.1 Å². The molecule has 0 aliphatic rings. The summed E-state index contributed by atoms with van der Waals surface area (Å²) in [6, 6.07) is 4.99. The highest BCUT2D eigenvalue weighted by Gasteiger charge is 2.12. The van der Waals surface area contributed by atoms with Crippen molar-refractivity contribution in [2.24, 2.45) is 0 Å². The molecule has 0 radical (unpaired) electrons. The molecule has 6 heteroatoms. The number of ether oxygens (including phenoxy) is 1. The Balaban J connectivity index is 2.28. The Bertz CT molecular complexity index is 427. The molecule has 0 aliphatic heterocycles. The second-order valence-corrected chi connectivity index (χ2v) is 5.44. The highest BCUT2D eigenvalue weighted by atomic mass is 79.9. The van der Waals surface area contributed by atoms with Crippen molar-refractivity contribution in [2.45, 2.75) is 32.7 Å². The van der Waals surface area contributed by atoms with Crippen molar-refractivity contribution >= 4 is 21.6 Å². The average molecular weight is 345 g/mol. The lowest BCUT2D eigenvalue weighted by Crippen LogP contribution is -2.17. The molecular weight excluding hydrogens is 324 g/mol. The minimum Gasteiger partial charge on any atom is -0.381 e. The molecule has 0 fully saturated rings. The van der Waals surface area contributed by atoms with E-state index in [2.05, 4.69) is 28.2 Å². The second kappa shape index (κ2) is 9.85. The molecule has 0 spiro atoms. The van der Waals surface area contributed by atoms with Crippen LogP contribution in [0.25, 0.3) is 0 Å². The molecule has 0 saturated heterocycles. The number of nitrogens with zero attached hydrogens (tertiary/aromatic N) is 1. The number of nitro groups is 1. The SMILES string of the molecule is CCCCOCCCNCc1cc(Br)ccc1[N+](=O)[O-]. The molecule has 1 N–H and O–H groups in total. The number of halogens is 1. The third kappa shape index (κ3) is 6.45. The molecule has 0 saturated carbocycles. The maximum absolute atomic E-state index is 10.9. The highest BCUT2D eigenvalue weighted by Crippen LogP contribution is 2.22. The zero-order valence-corrected chi connectivity index (χ0v) is 13.3. The summed E-state index contributed by atoms with van der Waals surface area (Å²) in [5.74, 6) is 0. The van der Waals surface area contributed by atoms with Gasteiger partial charge in [-0.1, -0.05) is 29.3 Å². The number of nitrogens with one attached hydrogen (secondary N) is 1. The largest absolute Gasteiger partial charge is 0.381 e. The minimum atomic E-state index is -0.350. The van der Waals surface area contributed by atoms with Gasteiger partial charge in [0.15, 0.2) is 0 Å². The molecule has 1 rings (SSSR count). The zero-order valence-electron chi connectivity index (χ0n) is 11.7. The Labute approximate surface area is 128 Å². The fraction of sp³-hybridized carbons (Fsp3) is 0.571. The van der Waals surface area contributed by atoms with Crippen LogP contribution < -0.4 is 5.32 Å². The van der Waals surface area contributed by atoms with E-state index in [-0.39, 0.29) is 10.6 Å². The number of rotatable bonds is 10. The van der Waals surface area contributed by atoms with E-state index < -0.39 is 0 Å². The minimum absolute atomic E-state index is 0.153. The molecule has 0 heterocycles. The highest BCUT2D eigenvalue weighted by molar-refractivity contribution is 9.10. The van der Waals surface area contributed by atoms with E-state index >= 15 is 0 Å². The van der Waals surface area contributed by atoms with Crippen LogP contribution in [0.1, 0.15) is 31.7 Å². The first kappa shape index (κ1) is 17.1. The standard InChI is InChI=1S/C14H21BrN2O3/c1-2-3-8-20-9-4-7-16-11-12-10-13(15)5-6-14(12)17(18)19/h5-6,10,16H,2-4,7-9,11H2,1H3. The van der Waals surface area contributed by atoms with Gasteiger partial charge in [-0.2, -0.15) is 0 Å². The zero-order chi connectivity index (χ0) is 14.8. The van der Waals surface area contributed by atoms with Crippen LogP contribution in [0.5, 0.6) is 0 Å². The Hall–Kier alpha value is -0.980. The molecule has 0 aromatic heterocycles. The maximum Gasteiger partial charge on any atom is 0.273 e. The molecule has 1 aromatic carbocycles. The maximum atomic E-state index is 10.9. The van der Waals surface area contributed by atoms with Crippen LogP contribution in [0.2, 0.25) is 0 Å². The molecule has 20 heavy (non-hydrogen) atoms. The summed E-state index contributed by atoms with van der Waals surface area (Å²) in [7, 11) is 0.